The summed E-state index contributed by atoms with van der Waals surface area (Å²) in [6.07, 6.45) is 2.18. The molecule has 2 aromatic carbocycles. The third kappa shape index (κ3) is 6.61. The van der Waals surface area contributed by atoms with Crippen LogP contribution in [0.4, 0.5) is 5.69 Å². The molecule has 1 fully saturated rings. The van der Waals surface area contributed by atoms with Crippen LogP contribution in [0.1, 0.15) is 49.2 Å². The number of carbonyl (C=O) groups excluding carboxylic acids is 1. The van der Waals surface area contributed by atoms with Crippen LogP contribution in [0, 0.1) is 17.0 Å². The molecule has 1 saturated heterocycles. The van der Waals surface area contributed by atoms with E-state index in [1.165, 1.54) is 10.7 Å². The number of nitrogens with one attached hydrogen (secondary N) is 2. The van der Waals surface area contributed by atoms with E-state index in [-0.39, 0.29) is 23.4 Å². The van der Waals surface area contributed by atoms with Crippen molar-refractivity contribution in [1.29, 1.82) is 0 Å². The molecule has 40 heavy (non-hydrogen) atoms. The van der Waals surface area contributed by atoms with Crippen molar-refractivity contribution in [1.82, 2.24) is 19.8 Å². The molecule has 12 nitrogen and oxygen atoms in total. The average molecular weight is 592 g/mol. The van der Waals surface area contributed by atoms with E-state index in [0.29, 0.717) is 35.8 Å². The van der Waals surface area contributed by atoms with Crippen molar-refractivity contribution in [3.8, 4) is 17.3 Å². The third-order valence-corrected chi connectivity index (χ3v) is 8.30. The van der Waals surface area contributed by atoms with Crippen LogP contribution in [-0.4, -0.2) is 54.3 Å². The zero-order valence-electron chi connectivity index (χ0n) is 22.2. The molecule has 214 valence electrons. The zero-order chi connectivity index (χ0) is 29.0. The predicted octanol–water partition coefficient (Wildman–Crippen LogP) is 4.52. The lowest BCUT2D eigenvalue weighted by Crippen LogP contribution is -2.32. The lowest BCUT2D eigenvalue weighted by molar-refractivity contribution is -0.385. The minimum Gasteiger partial charge on any atom is -0.437 e. The Morgan fingerprint density at radius 2 is 2.10 bits per heavy atom. The highest BCUT2D eigenvalue weighted by molar-refractivity contribution is 7.89. The van der Waals surface area contributed by atoms with E-state index in [4.69, 9.17) is 21.1 Å². The fourth-order valence-corrected chi connectivity index (χ4v) is 5.77. The topological polar surface area (TPSA) is 155 Å². The van der Waals surface area contributed by atoms with Crippen molar-refractivity contribution in [3.05, 3.63) is 68.9 Å². The van der Waals surface area contributed by atoms with Crippen molar-refractivity contribution in [2.75, 3.05) is 13.2 Å². The van der Waals surface area contributed by atoms with Crippen LogP contribution in [0.25, 0.3) is 5.69 Å². The Kier molecular flexibility index (Phi) is 9.08. The van der Waals surface area contributed by atoms with Gasteiger partial charge in [-0.05, 0) is 57.4 Å². The van der Waals surface area contributed by atoms with E-state index in [2.05, 4.69) is 15.1 Å². The van der Waals surface area contributed by atoms with Crippen LogP contribution in [0.2, 0.25) is 5.02 Å². The molecule has 0 radical (unpaired) electrons. The van der Waals surface area contributed by atoms with Crippen LogP contribution >= 0.6 is 11.6 Å². The Bertz CT molecular complexity index is 1520. The van der Waals surface area contributed by atoms with Crippen molar-refractivity contribution < 1.29 is 27.6 Å². The number of rotatable bonds is 11. The van der Waals surface area contributed by atoms with E-state index in [9.17, 15) is 23.3 Å². The fraction of sp³-hybridized carbons (Fsp3) is 0.385. The van der Waals surface area contributed by atoms with Gasteiger partial charge < -0.3 is 14.8 Å². The standard InChI is InChI=1S/C26H30ClN5O7S/c1-4-16(2)30-40(36,37)23-14-20(32(34)35)10-11-22(23)39-26-17(3)24(25(33)28-15-21-9-6-12-38-21)29-31(26)19-8-5-7-18(27)13-19/h5,7-8,10-11,13-14,16,21,30H,4,6,9,12,15H2,1-3H3,(H,28,33)/t16-,21-/m1/s1. The number of non-ortho nitro benzene ring substituents is 1. The van der Waals surface area contributed by atoms with Crippen molar-refractivity contribution in [2.45, 2.75) is 57.1 Å². The van der Waals surface area contributed by atoms with Crippen LogP contribution in [-0.2, 0) is 14.8 Å². The van der Waals surface area contributed by atoms with Crippen LogP contribution in [0.15, 0.2) is 47.4 Å². The Hall–Kier alpha value is -3.52. The SMILES string of the molecule is CC[C@@H](C)NS(=O)(=O)c1cc([N+](=O)[O-])ccc1Oc1c(C)c(C(=O)NC[C@H]2CCCO2)nn1-c1cccc(Cl)c1. The second kappa shape index (κ2) is 12.3. The molecule has 1 aliphatic heterocycles. The quantitative estimate of drug-likeness (QED) is 0.244. The number of carbonyl (C=O) groups is 1. The summed E-state index contributed by atoms with van der Waals surface area (Å²) >= 11 is 6.21. The van der Waals surface area contributed by atoms with Gasteiger partial charge in [0, 0.05) is 41.9 Å². The van der Waals surface area contributed by atoms with Gasteiger partial charge in [0.1, 0.15) is 10.6 Å². The van der Waals surface area contributed by atoms with Gasteiger partial charge in [0.25, 0.3) is 11.6 Å². The highest BCUT2D eigenvalue weighted by Crippen LogP contribution is 2.36. The Balaban J connectivity index is 1.79. The molecule has 0 aliphatic carbocycles. The van der Waals surface area contributed by atoms with Crippen molar-refractivity contribution in [3.63, 3.8) is 0 Å². The molecule has 1 aromatic heterocycles. The largest absolute Gasteiger partial charge is 0.437 e. The van der Waals surface area contributed by atoms with Gasteiger partial charge >= 0.3 is 0 Å². The summed E-state index contributed by atoms with van der Waals surface area (Å²) in [6, 6.07) is 9.49. The van der Waals surface area contributed by atoms with Gasteiger partial charge in [-0.3, -0.25) is 14.9 Å². The van der Waals surface area contributed by atoms with Crippen molar-refractivity contribution in [2.24, 2.45) is 0 Å². The van der Waals surface area contributed by atoms with E-state index in [1.54, 1.807) is 45.0 Å². The normalized spacial score (nSPS) is 16.1. The van der Waals surface area contributed by atoms with Gasteiger partial charge in [-0.2, -0.15) is 9.78 Å². The monoisotopic (exact) mass is 591 g/mol. The molecular formula is C26H30ClN5O7S. The maximum atomic E-state index is 13.3. The molecular weight excluding hydrogens is 562 g/mol. The van der Waals surface area contributed by atoms with E-state index in [0.717, 1.165) is 25.0 Å². The lowest BCUT2D eigenvalue weighted by atomic mass is 10.2. The zero-order valence-corrected chi connectivity index (χ0v) is 23.8. The number of halogens is 1. The van der Waals surface area contributed by atoms with E-state index in [1.807, 2.05) is 0 Å². The van der Waals surface area contributed by atoms with E-state index >= 15 is 0 Å². The number of ether oxygens (including phenoxy) is 2. The molecule has 0 unspecified atom stereocenters. The number of sulfonamides is 1. The maximum Gasteiger partial charge on any atom is 0.272 e. The summed E-state index contributed by atoms with van der Waals surface area (Å²) in [7, 11) is -4.23. The first-order valence-electron chi connectivity index (χ1n) is 12.7. The average Bonchev–Trinajstić information content (AvgIpc) is 3.55. The van der Waals surface area contributed by atoms with Gasteiger partial charge in [-0.1, -0.05) is 24.6 Å². The molecule has 0 bridgehead atoms. The number of hydrogen-bond acceptors (Lipinski definition) is 8. The molecule has 1 aliphatic rings. The number of hydrogen-bond donors (Lipinski definition) is 2. The highest BCUT2D eigenvalue weighted by atomic mass is 35.5. The fourth-order valence-electron chi connectivity index (χ4n) is 4.11. The molecule has 1 amide bonds. The van der Waals surface area contributed by atoms with E-state index < -0.39 is 37.5 Å². The first kappa shape index (κ1) is 29.5. The minimum atomic E-state index is -4.23. The summed E-state index contributed by atoms with van der Waals surface area (Å²) < 4.78 is 42.1. The highest BCUT2D eigenvalue weighted by Gasteiger charge is 2.29. The number of nitro benzene ring substituents is 1. The summed E-state index contributed by atoms with van der Waals surface area (Å²) in [5, 5.41) is 19.2. The molecule has 4 rings (SSSR count). The molecule has 2 N–H and O–H groups in total. The second-order valence-corrected chi connectivity index (χ2v) is 11.6. The molecule has 2 atom stereocenters. The van der Waals surface area contributed by atoms with Crippen LogP contribution in [0.3, 0.4) is 0 Å². The number of aromatic nitrogens is 2. The molecule has 0 spiro atoms. The number of amides is 1. The van der Waals surface area contributed by atoms with Gasteiger partial charge in [0.15, 0.2) is 5.69 Å². The van der Waals surface area contributed by atoms with Gasteiger partial charge in [0.05, 0.1) is 16.7 Å². The number of benzene rings is 2. The molecule has 14 heteroatoms. The number of nitro groups is 1. The minimum absolute atomic E-state index is 0.0402. The summed E-state index contributed by atoms with van der Waals surface area (Å²) in [5.41, 5.74) is 0.400. The molecule has 0 saturated carbocycles. The van der Waals surface area contributed by atoms with Gasteiger partial charge in [0.2, 0.25) is 15.9 Å². The van der Waals surface area contributed by atoms with Gasteiger partial charge in [-0.25, -0.2) is 13.1 Å². The smallest absolute Gasteiger partial charge is 0.272 e. The first-order chi connectivity index (χ1) is 19.0. The Morgan fingerprint density at radius 3 is 2.75 bits per heavy atom. The van der Waals surface area contributed by atoms with Crippen LogP contribution < -0.4 is 14.8 Å². The molecule has 2 heterocycles. The van der Waals surface area contributed by atoms with Gasteiger partial charge in [-0.15, -0.1) is 0 Å². The maximum absolute atomic E-state index is 13.3. The first-order valence-corrected chi connectivity index (χ1v) is 14.6. The number of nitrogens with zero attached hydrogens (tertiary/aromatic N) is 3. The third-order valence-electron chi connectivity index (χ3n) is 6.45. The van der Waals surface area contributed by atoms with Crippen LogP contribution in [0.5, 0.6) is 11.6 Å². The van der Waals surface area contributed by atoms with Crippen molar-refractivity contribution >= 4 is 33.2 Å². The summed E-state index contributed by atoms with van der Waals surface area (Å²) in [5.74, 6) is -0.606. The summed E-state index contributed by atoms with van der Waals surface area (Å²) in [6.45, 7) is 6.05. The Morgan fingerprint density at radius 1 is 1.32 bits per heavy atom. The molecule has 3 aromatic rings. The second-order valence-electron chi connectivity index (χ2n) is 9.44. The Labute approximate surface area is 236 Å². The lowest BCUT2D eigenvalue weighted by Gasteiger charge is -2.16. The predicted molar refractivity (Wildman–Crippen MR) is 148 cm³/mol. The summed E-state index contributed by atoms with van der Waals surface area (Å²) in [4.78, 5) is 23.5.